The van der Waals surface area contributed by atoms with Gasteiger partial charge in [0.1, 0.15) is 11.5 Å². The number of hydrazone groups is 1. The van der Waals surface area contributed by atoms with Crippen molar-refractivity contribution in [1.82, 2.24) is 5.43 Å². The quantitative estimate of drug-likeness (QED) is 0.179. The fourth-order valence-corrected chi connectivity index (χ4v) is 2.82. The minimum atomic E-state index is -0.678. The number of benzene rings is 3. The van der Waals surface area contributed by atoms with Crippen molar-refractivity contribution in [3.8, 4) is 11.5 Å². The van der Waals surface area contributed by atoms with Gasteiger partial charge in [0, 0.05) is 16.6 Å². The normalized spacial score (nSPS) is 10.6. The number of non-ortho nitro benzene ring substituents is 1. The predicted octanol–water partition coefficient (Wildman–Crippen LogP) is 4.05. The molecule has 0 atom stereocenters. The Morgan fingerprint density at radius 2 is 1.84 bits per heavy atom. The number of nitro benzene ring substituents is 1. The first-order valence-electron chi connectivity index (χ1n) is 8.72. The first-order valence-corrected chi connectivity index (χ1v) is 9.51. The summed E-state index contributed by atoms with van der Waals surface area (Å²) in [4.78, 5) is 34.5. The molecule has 0 fully saturated rings. The van der Waals surface area contributed by atoms with E-state index in [9.17, 15) is 24.8 Å². The number of phenols is 1. The molecule has 0 saturated carbocycles. The summed E-state index contributed by atoms with van der Waals surface area (Å²) in [6.45, 7) is 0. The van der Waals surface area contributed by atoms with Crippen LogP contribution < -0.4 is 10.2 Å². The van der Waals surface area contributed by atoms with E-state index < -0.39 is 16.8 Å². The Hall–Kier alpha value is -4.05. The molecule has 0 heterocycles. The molecular formula is C21H14BrN3O6. The van der Waals surface area contributed by atoms with Gasteiger partial charge in [-0.05, 0) is 48.0 Å². The largest absolute Gasteiger partial charge is 0.507 e. The maximum Gasteiger partial charge on any atom is 0.343 e. The summed E-state index contributed by atoms with van der Waals surface area (Å²) >= 11 is 3.22. The zero-order chi connectivity index (χ0) is 22.4. The molecule has 2 N–H and O–H groups in total. The minimum Gasteiger partial charge on any atom is -0.507 e. The monoisotopic (exact) mass is 483 g/mol. The summed E-state index contributed by atoms with van der Waals surface area (Å²) in [7, 11) is 0. The third kappa shape index (κ3) is 5.73. The van der Waals surface area contributed by atoms with E-state index in [0.717, 1.165) is 0 Å². The number of rotatable bonds is 6. The van der Waals surface area contributed by atoms with Crippen molar-refractivity contribution in [3.63, 3.8) is 0 Å². The number of nitrogens with zero attached hydrogens (tertiary/aromatic N) is 2. The second-order valence-electron chi connectivity index (χ2n) is 6.13. The van der Waals surface area contributed by atoms with Crippen LogP contribution in [0.15, 0.2) is 76.3 Å². The lowest BCUT2D eigenvalue weighted by molar-refractivity contribution is -0.384. The molecule has 0 aliphatic rings. The van der Waals surface area contributed by atoms with E-state index in [4.69, 9.17) is 4.74 Å². The van der Waals surface area contributed by atoms with Gasteiger partial charge in [0.2, 0.25) is 0 Å². The van der Waals surface area contributed by atoms with Crippen molar-refractivity contribution >= 4 is 39.7 Å². The lowest BCUT2D eigenvalue weighted by atomic mass is 10.2. The van der Waals surface area contributed by atoms with Crippen LogP contribution in [0.1, 0.15) is 26.3 Å². The Balaban J connectivity index is 1.64. The Morgan fingerprint density at radius 1 is 1.10 bits per heavy atom. The molecule has 1 amide bonds. The van der Waals surface area contributed by atoms with Crippen LogP contribution in [0.5, 0.6) is 11.5 Å². The highest BCUT2D eigenvalue weighted by Crippen LogP contribution is 2.21. The highest BCUT2D eigenvalue weighted by molar-refractivity contribution is 9.10. The number of esters is 1. The van der Waals surface area contributed by atoms with Crippen LogP contribution in [0, 0.1) is 10.1 Å². The fourth-order valence-electron chi connectivity index (χ4n) is 2.46. The number of nitro groups is 1. The molecule has 10 heteroatoms. The van der Waals surface area contributed by atoms with Crippen LogP contribution >= 0.6 is 15.9 Å². The molecule has 0 unspecified atom stereocenters. The average molecular weight is 484 g/mol. The molecule has 3 aromatic carbocycles. The number of aromatic hydroxyl groups is 1. The lowest BCUT2D eigenvalue weighted by Gasteiger charge is -2.05. The number of phenolic OH excluding ortho intramolecular Hbond substituents is 1. The van der Waals surface area contributed by atoms with E-state index in [0.29, 0.717) is 10.0 Å². The molecule has 0 saturated heterocycles. The van der Waals surface area contributed by atoms with Crippen LogP contribution in [0.2, 0.25) is 0 Å². The number of ether oxygens (including phenoxy) is 1. The smallest absolute Gasteiger partial charge is 0.343 e. The average Bonchev–Trinajstić information content (AvgIpc) is 2.75. The molecule has 3 rings (SSSR count). The molecule has 31 heavy (non-hydrogen) atoms. The molecule has 0 bridgehead atoms. The van der Waals surface area contributed by atoms with Gasteiger partial charge in [-0.15, -0.1) is 0 Å². The van der Waals surface area contributed by atoms with E-state index in [1.54, 1.807) is 24.3 Å². The Morgan fingerprint density at radius 3 is 2.55 bits per heavy atom. The number of hydrogen-bond acceptors (Lipinski definition) is 7. The van der Waals surface area contributed by atoms with Crippen molar-refractivity contribution in [3.05, 3.63) is 98.0 Å². The molecule has 0 aliphatic heterocycles. The molecule has 0 aromatic heterocycles. The predicted molar refractivity (Wildman–Crippen MR) is 115 cm³/mol. The van der Waals surface area contributed by atoms with Crippen LogP contribution in [0.3, 0.4) is 0 Å². The molecule has 9 nitrogen and oxygen atoms in total. The van der Waals surface area contributed by atoms with Gasteiger partial charge in [-0.25, -0.2) is 10.2 Å². The van der Waals surface area contributed by atoms with Gasteiger partial charge < -0.3 is 9.84 Å². The third-order valence-electron chi connectivity index (χ3n) is 3.97. The van der Waals surface area contributed by atoms with Crippen LogP contribution in [0.4, 0.5) is 5.69 Å². The standard InChI is InChI=1S/C21H14BrN3O6/c22-15-6-9-19(26)18(11-15)20(27)24-23-12-13-2-1-3-17(10-13)31-21(28)14-4-7-16(8-5-14)25(29)30/h1-12,26H,(H,24,27). The molecule has 0 aliphatic carbocycles. The van der Waals surface area contributed by atoms with Crippen molar-refractivity contribution < 1.29 is 24.4 Å². The number of nitrogens with one attached hydrogen (secondary N) is 1. The van der Waals surface area contributed by atoms with Crippen molar-refractivity contribution in [2.24, 2.45) is 5.10 Å². The second-order valence-corrected chi connectivity index (χ2v) is 7.04. The van der Waals surface area contributed by atoms with E-state index in [2.05, 4.69) is 26.5 Å². The van der Waals surface area contributed by atoms with Crippen molar-refractivity contribution in [2.75, 3.05) is 0 Å². The molecule has 156 valence electrons. The van der Waals surface area contributed by atoms with Gasteiger partial charge >= 0.3 is 5.97 Å². The topological polar surface area (TPSA) is 131 Å². The summed E-state index contributed by atoms with van der Waals surface area (Å²) in [5.41, 5.74) is 2.92. The zero-order valence-corrected chi connectivity index (χ0v) is 17.3. The molecular weight excluding hydrogens is 470 g/mol. The summed E-state index contributed by atoms with van der Waals surface area (Å²) in [5.74, 6) is -1.24. The summed E-state index contributed by atoms with van der Waals surface area (Å²) in [6.07, 6.45) is 1.34. The minimum absolute atomic E-state index is 0.0531. The summed E-state index contributed by atoms with van der Waals surface area (Å²) in [6, 6.07) is 15.8. The van der Waals surface area contributed by atoms with E-state index >= 15 is 0 Å². The maximum atomic E-state index is 12.2. The SMILES string of the molecule is O=C(Oc1cccc(C=NNC(=O)c2cc(Br)ccc2O)c1)c1ccc([N+](=O)[O-])cc1. The Kier molecular flexibility index (Phi) is 6.73. The number of carbonyl (C=O) groups is 2. The van der Waals surface area contributed by atoms with Gasteiger partial charge in [0.25, 0.3) is 11.6 Å². The van der Waals surface area contributed by atoms with E-state index in [-0.39, 0.29) is 28.3 Å². The van der Waals surface area contributed by atoms with Gasteiger partial charge in [0.05, 0.1) is 22.3 Å². The second kappa shape index (κ2) is 9.63. The van der Waals surface area contributed by atoms with Gasteiger partial charge in [-0.3, -0.25) is 14.9 Å². The first kappa shape index (κ1) is 21.7. The summed E-state index contributed by atoms with van der Waals surface area (Å²) in [5, 5.41) is 24.3. The summed E-state index contributed by atoms with van der Waals surface area (Å²) < 4.78 is 5.90. The molecule has 0 radical (unpaired) electrons. The first-order chi connectivity index (χ1) is 14.8. The Labute approximate surface area is 184 Å². The maximum absolute atomic E-state index is 12.2. The third-order valence-corrected chi connectivity index (χ3v) is 4.46. The van der Waals surface area contributed by atoms with Crippen LogP contribution in [-0.4, -0.2) is 28.1 Å². The van der Waals surface area contributed by atoms with E-state index in [1.807, 2.05) is 0 Å². The zero-order valence-electron chi connectivity index (χ0n) is 15.7. The van der Waals surface area contributed by atoms with Gasteiger partial charge in [0.15, 0.2) is 0 Å². The fraction of sp³-hybridized carbons (Fsp3) is 0. The van der Waals surface area contributed by atoms with Crippen molar-refractivity contribution in [1.29, 1.82) is 0 Å². The Bertz CT molecular complexity index is 1180. The van der Waals surface area contributed by atoms with E-state index in [1.165, 1.54) is 48.7 Å². The lowest BCUT2D eigenvalue weighted by Crippen LogP contribution is -2.17. The molecule has 3 aromatic rings. The number of amides is 1. The van der Waals surface area contributed by atoms with Crippen molar-refractivity contribution in [2.45, 2.75) is 0 Å². The highest BCUT2D eigenvalue weighted by atomic mass is 79.9. The highest BCUT2D eigenvalue weighted by Gasteiger charge is 2.12. The molecule has 0 spiro atoms. The number of carbonyl (C=O) groups excluding carboxylic acids is 2. The number of hydrogen-bond donors (Lipinski definition) is 2. The van der Waals surface area contributed by atoms with Gasteiger partial charge in [-0.2, -0.15) is 5.10 Å². The van der Waals surface area contributed by atoms with Gasteiger partial charge in [-0.1, -0.05) is 28.1 Å². The van der Waals surface area contributed by atoms with Crippen LogP contribution in [0.25, 0.3) is 0 Å². The van der Waals surface area contributed by atoms with Crippen LogP contribution in [-0.2, 0) is 0 Å². The number of halogens is 1.